The second-order valence-corrected chi connectivity index (χ2v) is 38.5. The minimum atomic E-state index is -2.14. The van der Waals surface area contributed by atoms with E-state index in [1.807, 2.05) is 0 Å². The Kier molecular flexibility index (Phi) is 4.79. The Morgan fingerprint density at radius 1 is 0.647 bits per heavy atom. The van der Waals surface area contributed by atoms with Gasteiger partial charge in [0.2, 0.25) is 0 Å². The van der Waals surface area contributed by atoms with E-state index in [1.54, 1.807) is 0 Å². The molecule has 3 heteroatoms. The van der Waals surface area contributed by atoms with Crippen molar-refractivity contribution in [2.24, 2.45) is 0 Å². The van der Waals surface area contributed by atoms with Gasteiger partial charge in [0, 0.05) is 0 Å². The third-order valence-electron chi connectivity index (χ3n) is 2.63. The molecular formula is C14H14I2Te. The number of benzene rings is 2. The van der Waals surface area contributed by atoms with E-state index in [0.29, 0.717) is 0 Å². The van der Waals surface area contributed by atoms with E-state index >= 15 is 0 Å². The molecule has 0 aliphatic rings. The number of rotatable bonds is 2. The molecule has 0 aliphatic heterocycles. The van der Waals surface area contributed by atoms with Crippen LogP contribution in [0.4, 0.5) is 0 Å². The fraction of sp³-hybridized carbons (Fsp3) is 0.143. The predicted octanol–water partition coefficient (Wildman–Crippen LogP) is 3.73. The summed E-state index contributed by atoms with van der Waals surface area (Å²) in [7, 11) is -2.14. The summed E-state index contributed by atoms with van der Waals surface area (Å²) < 4.78 is 3.06. The molecule has 0 atom stereocenters. The van der Waals surface area contributed by atoms with E-state index in [9.17, 15) is 0 Å². The van der Waals surface area contributed by atoms with Gasteiger partial charge in [0.25, 0.3) is 0 Å². The summed E-state index contributed by atoms with van der Waals surface area (Å²) in [6, 6.07) is 18.1. The van der Waals surface area contributed by atoms with Crippen LogP contribution in [-0.4, -0.2) is 10.3 Å². The van der Waals surface area contributed by atoms with Gasteiger partial charge in [-0.05, 0) is 0 Å². The van der Waals surface area contributed by atoms with Gasteiger partial charge in [0.15, 0.2) is 0 Å². The standard InChI is InChI=1S/C14H14I2Te/c1-11-3-7-13(8-4-11)17(15,16)14-9-5-12(2)6-10-14/h3-10H,1-2H3. The quantitative estimate of drug-likeness (QED) is 0.386. The van der Waals surface area contributed by atoms with Crippen molar-refractivity contribution in [2.75, 3.05) is 0 Å². The molecule has 0 aromatic heterocycles. The topological polar surface area (TPSA) is 0 Å². The molecule has 0 N–H and O–H groups in total. The van der Waals surface area contributed by atoms with E-state index in [1.165, 1.54) is 18.3 Å². The zero-order valence-corrected chi connectivity index (χ0v) is 16.4. The van der Waals surface area contributed by atoms with Crippen LogP contribution in [0.15, 0.2) is 48.5 Å². The van der Waals surface area contributed by atoms with Crippen molar-refractivity contribution < 1.29 is 0 Å². The second kappa shape index (κ2) is 5.77. The fourth-order valence-electron chi connectivity index (χ4n) is 1.55. The summed E-state index contributed by atoms with van der Waals surface area (Å²) in [5.41, 5.74) is 2.67. The summed E-state index contributed by atoms with van der Waals surface area (Å²) >= 11 is 5.42. The fourth-order valence-corrected chi connectivity index (χ4v) is 12.9. The van der Waals surface area contributed by atoms with E-state index in [0.717, 1.165) is 0 Å². The summed E-state index contributed by atoms with van der Waals surface area (Å²) in [4.78, 5) is 0. The Labute approximate surface area is 127 Å². The summed E-state index contributed by atoms with van der Waals surface area (Å²) in [5, 5.41) is 0. The van der Waals surface area contributed by atoms with Gasteiger partial charge >= 0.3 is 128 Å². The van der Waals surface area contributed by atoms with Crippen LogP contribution in [0.5, 0.6) is 0 Å². The third kappa shape index (κ3) is 3.37. The number of halogens is 2. The van der Waals surface area contributed by atoms with Gasteiger partial charge in [-0.25, -0.2) is 0 Å². The molecular weight excluding hydrogens is 550 g/mol. The van der Waals surface area contributed by atoms with Crippen LogP contribution in [-0.2, 0) is 0 Å². The average molecular weight is 564 g/mol. The predicted molar refractivity (Wildman–Crippen MR) is 95.4 cm³/mol. The van der Waals surface area contributed by atoms with Crippen molar-refractivity contribution in [3.05, 3.63) is 59.7 Å². The van der Waals surface area contributed by atoms with Crippen molar-refractivity contribution in [3.8, 4) is 0 Å². The molecule has 0 nitrogen and oxygen atoms in total. The molecule has 2 rings (SSSR count). The molecule has 17 heavy (non-hydrogen) atoms. The van der Waals surface area contributed by atoms with E-state index in [4.69, 9.17) is 0 Å². The first-order valence-corrected chi connectivity index (χ1v) is 21.3. The Bertz CT molecular complexity index is 453. The maximum atomic E-state index is 2.71. The summed E-state index contributed by atoms with van der Waals surface area (Å²) in [6.45, 7) is 4.29. The molecule has 0 saturated heterocycles. The first-order chi connectivity index (χ1) is 8.00. The van der Waals surface area contributed by atoms with Crippen LogP contribution >= 0.6 is 37.4 Å². The summed E-state index contributed by atoms with van der Waals surface area (Å²) in [5.74, 6) is 0. The maximum absolute atomic E-state index is 2.71. The van der Waals surface area contributed by atoms with E-state index < -0.39 is 10.3 Å². The second-order valence-electron chi connectivity index (χ2n) is 4.10. The third-order valence-corrected chi connectivity index (χ3v) is 21.2. The molecule has 0 saturated carbocycles. The molecule has 0 fully saturated rings. The van der Waals surface area contributed by atoms with Gasteiger partial charge in [-0.15, -0.1) is 0 Å². The molecule has 2 aromatic rings. The van der Waals surface area contributed by atoms with Gasteiger partial charge in [-0.1, -0.05) is 0 Å². The van der Waals surface area contributed by atoms with Crippen molar-refractivity contribution >= 4 is 54.9 Å². The zero-order valence-electron chi connectivity index (χ0n) is 9.78. The number of hydrogen-bond acceptors (Lipinski definition) is 0. The SMILES string of the molecule is Cc1ccc([Te](I)(I)c2ccc(C)cc2)cc1. The van der Waals surface area contributed by atoms with Gasteiger partial charge in [0.05, 0.1) is 0 Å². The first-order valence-electron chi connectivity index (χ1n) is 5.36. The van der Waals surface area contributed by atoms with Crippen molar-refractivity contribution in [1.29, 1.82) is 0 Å². The Morgan fingerprint density at radius 2 is 0.941 bits per heavy atom. The van der Waals surface area contributed by atoms with E-state index in [-0.39, 0.29) is 0 Å². The molecule has 0 heterocycles. The first kappa shape index (κ1) is 14.1. The molecule has 0 bridgehead atoms. The minimum absolute atomic E-state index is 1.34. The number of aryl methyl sites for hydroxylation is 2. The molecule has 0 radical (unpaired) electrons. The van der Waals surface area contributed by atoms with Crippen LogP contribution in [0.3, 0.4) is 0 Å². The normalized spacial score (nSPS) is 12.5. The molecule has 0 aliphatic carbocycles. The van der Waals surface area contributed by atoms with Crippen molar-refractivity contribution in [3.63, 3.8) is 0 Å². The van der Waals surface area contributed by atoms with Crippen LogP contribution in [0.2, 0.25) is 0 Å². The molecule has 0 amide bonds. The van der Waals surface area contributed by atoms with Crippen LogP contribution in [0, 0.1) is 13.8 Å². The average Bonchev–Trinajstić information content (AvgIpc) is 2.30. The molecule has 0 unspecified atom stereocenters. The van der Waals surface area contributed by atoms with E-state index in [2.05, 4.69) is 99.8 Å². The van der Waals surface area contributed by atoms with Crippen molar-refractivity contribution in [2.45, 2.75) is 13.8 Å². The summed E-state index contributed by atoms with van der Waals surface area (Å²) in [6.07, 6.45) is 0. The van der Waals surface area contributed by atoms with Gasteiger partial charge in [-0.2, -0.15) is 0 Å². The Hall–Kier alpha value is 0.690. The molecule has 0 spiro atoms. The van der Waals surface area contributed by atoms with Crippen LogP contribution in [0.1, 0.15) is 11.1 Å². The van der Waals surface area contributed by atoms with Crippen molar-refractivity contribution in [1.82, 2.24) is 0 Å². The van der Waals surface area contributed by atoms with Crippen LogP contribution < -0.4 is 7.22 Å². The van der Waals surface area contributed by atoms with Gasteiger partial charge < -0.3 is 0 Å². The Morgan fingerprint density at radius 3 is 1.24 bits per heavy atom. The van der Waals surface area contributed by atoms with Crippen LogP contribution in [0.25, 0.3) is 0 Å². The van der Waals surface area contributed by atoms with Gasteiger partial charge in [-0.3, -0.25) is 0 Å². The number of hydrogen-bond donors (Lipinski definition) is 0. The van der Waals surface area contributed by atoms with Gasteiger partial charge in [0.1, 0.15) is 0 Å². The zero-order chi connectivity index (χ0) is 12.5. The monoisotopic (exact) mass is 566 g/mol. The molecule has 90 valence electrons. The Balaban J connectivity index is 2.41. The molecule has 2 aromatic carbocycles.